The van der Waals surface area contributed by atoms with E-state index < -0.39 is 0 Å². The first-order valence-electron chi connectivity index (χ1n) is 4.79. The van der Waals surface area contributed by atoms with Crippen molar-refractivity contribution in [3.8, 4) is 0 Å². The van der Waals surface area contributed by atoms with Crippen LogP contribution in [0.1, 0.15) is 31.1 Å². The third-order valence-electron chi connectivity index (χ3n) is 1.86. The first-order chi connectivity index (χ1) is 6.79. The summed E-state index contributed by atoms with van der Waals surface area (Å²) < 4.78 is 1.42. The summed E-state index contributed by atoms with van der Waals surface area (Å²) in [6, 6.07) is 2.96. The number of aromatic nitrogens is 1. The van der Waals surface area contributed by atoms with E-state index in [9.17, 15) is 9.59 Å². The molecule has 4 nitrogen and oxygen atoms in total. The molecule has 0 radical (unpaired) electrons. The molecular weight excluding hydrogens is 192 g/mol. The van der Waals surface area contributed by atoms with Crippen molar-refractivity contribution in [3.05, 3.63) is 34.2 Å². The van der Waals surface area contributed by atoms with Gasteiger partial charge < -0.3 is 9.88 Å². The molecule has 82 valence electrons. The van der Waals surface area contributed by atoms with Gasteiger partial charge in [0.2, 0.25) is 0 Å². The zero-order valence-corrected chi connectivity index (χ0v) is 9.50. The Hall–Kier alpha value is -1.58. The van der Waals surface area contributed by atoms with Gasteiger partial charge in [0, 0.05) is 30.4 Å². The molecule has 0 aliphatic heterocycles. The lowest BCUT2D eigenvalue weighted by Gasteiger charge is -2.20. The molecule has 15 heavy (non-hydrogen) atoms. The van der Waals surface area contributed by atoms with Crippen LogP contribution < -0.4 is 10.9 Å². The highest BCUT2D eigenvalue weighted by Crippen LogP contribution is 2.02. The molecule has 1 rings (SSSR count). The van der Waals surface area contributed by atoms with Crippen molar-refractivity contribution in [2.75, 3.05) is 0 Å². The zero-order valence-electron chi connectivity index (χ0n) is 9.50. The normalized spacial score (nSPS) is 11.2. The van der Waals surface area contributed by atoms with Gasteiger partial charge in [-0.15, -0.1) is 0 Å². The summed E-state index contributed by atoms with van der Waals surface area (Å²) >= 11 is 0. The largest absolute Gasteiger partial charge is 0.347 e. The molecule has 0 spiro atoms. The Morgan fingerprint density at radius 1 is 1.40 bits per heavy atom. The monoisotopic (exact) mass is 208 g/mol. The highest BCUT2D eigenvalue weighted by Gasteiger charge is 2.15. The van der Waals surface area contributed by atoms with Crippen LogP contribution in [-0.4, -0.2) is 16.0 Å². The number of carbonyl (C=O) groups is 1. The third-order valence-corrected chi connectivity index (χ3v) is 1.86. The van der Waals surface area contributed by atoms with Crippen LogP contribution in [-0.2, 0) is 7.05 Å². The Bertz CT molecular complexity index is 427. The van der Waals surface area contributed by atoms with E-state index >= 15 is 0 Å². The molecule has 0 aromatic carbocycles. The molecule has 0 saturated carbocycles. The van der Waals surface area contributed by atoms with Gasteiger partial charge >= 0.3 is 0 Å². The highest BCUT2D eigenvalue weighted by atomic mass is 16.2. The van der Waals surface area contributed by atoms with Crippen molar-refractivity contribution in [1.29, 1.82) is 0 Å². The lowest BCUT2D eigenvalue weighted by atomic mass is 10.1. The van der Waals surface area contributed by atoms with E-state index in [4.69, 9.17) is 0 Å². The van der Waals surface area contributed by atoms with E-state index in [1.165, 1.54) is 10.6 Å². The predicted octanol–water partition coefficient (Wildman–Crippen LogP) is 0.914. The van der Waals surface area contributed by atoms with Crippen molar-refractivity contribution in [1.82, 2.24) is 9.88 Å². The van der Waals surface area contributed by atoms with Crippen LogP contribution in [0.5, 0.6) is 0 Å². The number of amides is 1. The van der Waals surface area contributed by atoms with Crippen LogP contribution in [0.25, 0.3) is 0 Å². The predicted molar refractivity (Wildman–Crippen MR) is 58.9 cm³/mol. The van der Waals surface area contributed by atoms with Crippen LogP contribution in [0, 0.1) is 0 Å². The fourth-order valence-electron chi connectivity index (χ4n) is 1.10. The maximum atomic E-state index is 11.7. The van der Waals surface area contributed by atoms with Crippen LogP contribution >= 0.6 is 0 Å². The van der Waals surface area contributed by atoms with Crippen molar-refractivity contribution in [2.45, 2.75) is 26.3 Å². The van der Waals surface area contributed by atoms with Crippen molar-refractivity contribution in [2.24, 2.45) is 7.05 Å². The molecule has 0 aliphatic carbocycles. The second-order valence-corrected chi connectivity index (χ2v) is 4.57. The summed E-state index contributed by atoms with van der Waals surface area (Å²) in [7, 11) is 1.65. The summed E-state index contributed by atoms with van der Waals surface area (Å²) in [5.41, 5.74) is -0.0809. The van der Waals surface area contributed by atoms with E-state index in [-0.39, 0.29) is 17.0 Å². The van der Waals surface area contributed by atoms with E-state index in [0.717, 1.165) is 0 Å². The van der Waals surface area contributed by atoms with Gasteiger partial charge in [-0.25, -0.2) is 0 Å². The van der Waals surface area contributed by atoms with Gasteiger partial charge in [0.25, 0.3) is 11.5 Å². The van der Waals surface area contributed by atoms with Crippen molar-refractivity contribution >= 4 is 5.91 Å². The summed E-state index contributed by atoms with van der Waals surface area (Å²) in [4.78, 5) is 23.0. The molecule has 1 amide bonds. The van der Waals surface area contributed by atoms with Gasteiger partial charge in [-0.05, 0) is 26.8 Å². The fraction of sp³-hybridized carbons (Fsp3) is 0.455. The highest BCUT2D eigenvalue weighted by molar-refractivity contribution is 5.94. The Kier molecular flexibility index (Phi) is 2.98. The smallest absolute Gasteiger partial charge is 0.251 e. The minimum atomic E-state index is -0.293. The maximum absolute atomic E-state index is 11.7. The molecule has 0 unspecified atom stereocenters. The number of hydrogen-bond donors (Lipinski definition) is 1. The number of nitrogens with zero attached hydrogens (tertiary/aromatic N) is 1. The molecule has 0 fully saturated rings. The Morgan fingerprint density at radius 3 is 2.47 bits per heavy atom. The van der Waals surface area contributed by atoms with Crippen molar-refractivity contribution in [3.63, 3.8) is 0 Å². The average molecular weight is 208 g/mol. The molecule has 0 atom stereocenters. The molecule has 0 bridgehead atoms. The summed E-state index contributed by atoms with van der Waals surface area (Å²) in [6.45, 7) is 5.68. The zero-order chi connectivity index (χ0) is 11.6. The quantitative estimate of drug-likeness (QED) is 0.746. The van der Waals surface area contributed by atoms with Gasteiger partial charge in [-0.2, -0.15) is 0 Å². The topological polar surface area (TPSA) is 51.1 Å². The minimum absolute atomic E-state index is 0.184. The third kappa shape index (κ3) is 3.23. The minimum Gasteiger partial charge on any atom is -0.347 e. The first kappa shape index (κ1) is 11.5. The number of carbonyl (C=O) groups excluding carboxylic acids is 1. The van der Waals surface area contributed by atoms with E-state index in [1.54, 1.807) is 19.3 Å². The Balaban J connectivity index is 2.93. The molecule has 1 aromatic rings. The lowest BCUT2D eigenvalue weighted by molar-refractivity contribution is 0.0919. The first-order valence-corrected chi connectivity index (χ1v) is 4.79. The van der Waals surface area contributed by atoms with Gasteiger partial charge in [0.05, 0.1) is 0 Å². The number of hydrogen-bond acceptors (Lipinski definition) is 2. The fourth-order valence-corrected chi connectivity index (χ4v) is 1.10. The second-order valence-electron chi connectivity index (χ2n) is 4.57. The molecule has 4 heteroatoms. The molecular formula is C11H16N2O2. The molecule has 1 aromatic heterocycles. The SMILES string of the molecule is Cn1ccc(C(=O)NC(C)(C)C)cc1=O. The van der Waals surface area contributed by atoms with Gasteiger partial charge in [0.1, 0.15) is 0 Å². The number of rotatable bonds is 1. The van der Waals surface area contributed by atoms with Crippen LogP contribution in [0.4, 0.5) is 0 Å². The lowest BCUT2D eigenvalue weighted by Crippen LogP contribution is -2.41. The molecule has 0 aliphatic rings. The summed E-state index contributed by atoms with van der Waals surface area (Å²) in [6.07, 6.45) is 1.58. The van der Waals surface area contributed by atoms with Gasteiger partial charge in [-0.3, -0.25) is 9.59 Å². The van der Waals surface area contributed by atoms with Crippen LogP contribution in [0.2, 0.25) is 0 Å². The van der Waals surface area contributed by atoms with Crippen LogP contribution in [0.3, 0.4) is 0 Å². The summed E-state index contributed by atoms with van der Waals surface area (Å²) in [5, 5.41) is 2.80. The standard InChI is InChI=1S/C11H16N2O2/c1-11(2,3)12-10(15)8-5-6-13(4)9(14)7-8/h5-7H,1-4H3,(H,12,15). The molecule has 1 N–H and O–H groups in total. The van der Waals surface area contributed by atoms with E-state index in [1.807, 2.05) is 20.8 Å². The van der Waals surface area contributed by atoms with Crippen LogP contribution in [0.15, 0.2) is 23.1 Å². The number of pyridine rings is 1. The summed E-state index contributed by atoms with van der Waals surface area (Å²) in [5.74, 6) is -0.222. The maximum Gasteiger partial charge on any atom is 0.251 e. The van der Waals surface area contributed by atoms with E-state index in [0.29, 0.717) is 5.56 Å². The molecule has 0 saturated heterocycles. The van der Waals surface area contributed by atoms with Gasteiger partial charge in [0.15, 0.2) is 0 Å². The van der Waals surface area contributed by atoms with Crippen molar-refractivity contribution < 1.29 is 4.79 Å². The Labute approximate surface area is 88.9 Å². The second kappa shape index (κ2) is 3.88. The van der Waals surface area contributed by atoms with E-state index in [2.05, 4.69) is 5.32 Å². The van der Waals surface area contributed by atoms with Gasteiger partial charge in [-0.1, -0.05) is 0 Å². The Morgan fingerprint density at radius 2 is 2.00 bits per heavy atom. The average Bonchev–Trinajstić information content (AvgIpc) is 2.06. The number of aryl methyl sites for hydroxylation is 1. The number of nitrogens with one attached hydrogen (secondary N) is 1. The molecule has 1 heterocycles.